The Morgan fingerprint density at radius 1 is 1.21 bits per heavy atom. The monoisotopic (exact) mass is 191 g/mol. The van der Waals surface area contributed by atoms with E-state index in [2.05, 4.69) is 6.08 Å². The van der Waals surface area contributed by atoms with Crippen molar-refractivity contribution < 1.29 is 0 Å². The van der Waals surface area contributed by atoms with Gasteiger partial charge in [0, 0.05) is 6.04 Å². The summed E-state index contributed by atoms with van der Waals surface area (Å²) in [6.45, 7) is 0. The van der Waals surface area contributed by atoms with Gasteiger partial charge in [0.05, 0.1) is 0 Å². The zero-order chi connectivity index (χ0) is 9.54. The molecule has 78 valence electrons. The highest BCUT2D eigenvalue weighted by Gasteiger charge is 2.39. The van der Waals surface area contributed by atoms with E-state index in [1.54, 1.807) is 12.0 Å². The zero-order valence-electron chi connectivity index (χ0n) is 8.91. The first kappa shape index (κ1) is 8.96. The van der Waals surface area contributed by atoms with Gasteiger partial charge in [0.1, 0.15) is 0 Å². The van der Waals surface area contributed by atoms with E-state index >= 15 is 0 Å². The van der Waals surface area contributed by atoms with Crippen molar-refractivity contribution in [3.05, 3.63) is 11.6 Å². The van der Waals surface area contributed by atoms with E-state index in [1.807, 2.05) is 0 Å². The Labute approximate surface area is 86.8 Å². The van der Waals surface area contributed by atoms with Gasteiger partial charge in [0.2, 0.25) is 0 Å². The Morgan fingerprint density at radius 2 is 2.14 bits per heavy atom. The summed E-state index contributed by atoms with van der Waals surface area (Å²) in [5.41, 5.74) is 7.57. The van der Waals surface area contributed by atoms with Gasteiger partial charge >= 0.3 is 0 Å². The summed E-state index contributed by atoms with van der Waals surface area (Å²) >= 11 is 0. The quantitative estimate of drug-likeness (QED) is 0.667. The van der Waals surface area contributed by atoms with Gasteiger partial charge in [-0.2, -0.15) is 0 Å². The molecule has 4 atom stereocenters. The second kappa shape index (κ2) is 3.37. The minimum atomic E-state index is 0.378. The molecule has 0 aromatic carbocycles. The molecule has 2 fully saturated rings. The fourth-order valence-electron chi connectivity index (χ4n) is 3.95. The first-order valence-electron chi connectivity index (χ1n) is 6.26. The van der Waals surface area contributed by atoms with Gasteiger partial charge in [-0.1, -0.05) is 18.1 Å². The van der Waals surface area contributed by atoms with Crippen LogP contribution in [-0.4, -0.2) is 6.04 Å². The van der Waals surface area contributed by atoms with E-state index in [0.29, 0.717) is 6.04 Å². The minimum Gasteiger partial charge on any atom is -0.324 e. The third-order valence-electron chi connectivity index (χ3n) is 4.66. The molecular formula is C13H21N. The molecule has 0 saturated heterocycles. The van der Waals surface area contributed by atoms with Crippen LogP contribution in [0, 0.1) is 17.8 Å². The molecule has 3 aliphatic rings. The molecule has 0 heterocycles. The Kier molecular flexibility index (Phi) is 2.16. The van der Waals surface area contributed by atoms with Crippen molar-refractivity contribution in [3.63, 3.8) is 0 Å². The predicted octanol–water partition coefficient (Wildman–Crippen LogP) is 2.86. The van der Waals surface area contributed by atoms with E-state index in [0.717, 1.165) is 17.8 Å². The lowest BCUT2D eigenvalue weighted by molar-refractivity contribution is 0.329. The fraction of sp³-hybridized carbons (Fsp3) is 0.846. The topological polar surface area (TPSA) is 26.0 Å². The van der Waals surface area contributed by atoms with Crippen LogP contribution < -0.4 is 5.73 Å². The van der Waals surface area contributed by atoms with E-state index in [-0.39, 0.29) is 0 Å². The van der Waals surface area contributed by atoms with Crippen LogP contribution in [0.2, 0.25) is 0 Å². The molecule has 0 radical (unpaired) electrons. The van der Waals surface area contributed by atoms with Crippen LogP contribution in [0.1, 0.15) is 44.9 Å². The van der Waals surface area contributed by atoms with Crippen LogP contribution in [0.25, 0.3) is 0 Å². The van der Waals surface area contributed by atoms with Crippen LogP contribution in [-0.2, 0) is 0 Å². The Hall–Kier alpha value is -0.300. The van der Waals surface area contributed by atoms with Crippen molar-refractivity contribution in [3.8, 4) is 0 Å². The third kappa shape index (κ3) is 1.52. The average molecular weight is 191 g/mol. The molecule has 0 amide bonds. The predicted molar refractivity (Wildman–Crippen MR) is 58.8 cm³/mol. The molecule has 0 spiro atoms. The number of nitrogens with two attached hydrogens (primary N) is 1. The molecule has 3 rings (SSSR count). The summed E-state index contributed by atoms with van der Waals surface area (Å²) in [4.78, 5) is 0. The normalized spacial score (nSPS) is 45.9. The Balaban J connectivity index is 1.60. The second-order valence-electron chi connectivity index (χ2n) is 5.67. The van der Waals surface area contributed by atoms with Gasteiger partial charge in [-0.05, 0) is 56.3 Å². The zero-order valence-corrected chi connectivity index (χ0v) is 8.91. The maximum Gasteiger partial charge on any atom is 0.0229 e. The molecule has 0 aromatic heterocycles. The number of rotatable bonds is 2. The van der Waals surface area contributed by atoms with Gasteiger partial charge in [-0.25, -0.2) is 0 Å². The molecule has 1 heteroatoms. The number of hydrogen-bond acceptors (Lipinski definition) is 1. The van der Waals surface area contributed by atoms with Crippen LogP contribution in [0.15, 0.2) is 11.6 Å². The number of hydrogen-bond donors (Lipinski definition) is 1. The maximum atomic E-state index is 5.90. The molecule has 2 bridgehead atoms. The summed E-state index contributed by atoms with van der Waals surface area (Å²) in [7, 11) is 0. The van der Waals surface area contributed by atoms with Crippen molar-refractivity contribution in [2.24, 2.45) is 23.5 Å². The molecule has 1 nitrogen and oxygen atoms in total. The molecule has 3 aliphatic carbocycles. The van der Waals surface area contributed by atoms with Crippen molar-refractivity contribution in [2.45, 2.75) is 51.0 Å². The smallest absolute Gasteiger partial charge is 0.0229 e. The molecular weight excluding hydrogens is 170 g/mol. The van der Waals surface area contributed by atoms with Gasteiger partial charge in [0.25, 0.3) is 0 Å². The standard InChI is InChI=1S/C13H21N/c14-13-4-2-10(8-13)7-12-6-9-1-3-11(12)5-9/h8-9,11-13H,1-7,14H2. The fourth-order valence-corrected chi connectivity index (χ4v) is 3.95. The first-order valence-corrected chi connectivity index (χ1v) is 6.26. The lowest BCUT2D eigenvalue weighted by Gasteiger charge is -2.21. The SMILES string of the molecule is NC1C=C(CC2CC3CCC2C3)CC1. The Morgan fingerprint density at radius 3 is 2.71 bits per heavy atom. The van der Waals surface area contributed by atoms with Gasteiger partial charge < -0.3 is 5.73 Å². The molecule has 14 heavy (non-hydrogen) atoms. The molecule has 2 N–H and O–H groups in total. The van der Waals surface area contributed by atoms with Crippen molar-refractivity contribution in [1.29, 1.82) is 0 Å². The summed E-state index contributed by atoms with van der Waals surface area (Å²) in [5.74, 6) is 3.21. The summed E-state index contributed by atoms with van der Waals surface area (Å²) < 4.78 is 0. The lowest BCUT2D eigenvalue weighted by Crippen LogP contribution is -2.12. The van der Waals surface area contributed by atoms with Crippen LogP contribution in [0.5, 0.6) is 0 Å². The van der Waals surface area contributed by atoms with Gasteiger partial charge in [-0.3, -0.25) is 0 Å². The Bertz CT molecular complexity index is 256. The van der Waals surface area contributed by atoms with E-state index in [9.17, 15) is 0 Å². The average Bonchev–Trinajstić information content (AvgIpc) is 2.82. The minimum absolute atomic E-state index is 0.378. The molecule has 0 aromatic rings. The highest BCUT2D eigenvalue weighted by atomic mass is 14.6. The molecule has 4 unspecified atom stereocenters. The van der Waals surface area contributed by atoms with Crippen molar-refractivity contribution >= 4 is 0 Å². The molecule has 0 aliphatic heterocycles. The number of fused-ring (bicyclic) bond motifs is 2. The third-order valence-corrected chi connectivity index (χ3v) is 4.66. The summed E-state index contributed by atoms with van der Waals surface area (Å²) in [6, 6.07) is 0.378. The molecule has 2 saturated carbocycles. The van der Waals surface area contributed by atoms with Crippen molar-refractivity contribution in [1.82, 2.24) is 0 Å². The highest BCUT2D eigenvalue weighted by molar-refractivity contribution is 5.15. The van der Waals surface area contributed by atoms with E-state index < -0.39 is 0 Å². The lowest BCUT2D eigenvalue weighted by atomic mass is 9.84. The van der Waals surface area contributed by atoms with E-state index in [4.69, 9.17) is 5.73 Å². The first-order chi connectivity index (χ1) is 6.81. The number of allylic oxidation sites excluding steroid dienone is 1. The van der Waals surface area contributed by atoms with Gasteiger partial charge in [-0.15, -0.1) is 0 Å². The van der Waals surface area contributed by atoms with E-state index in [1.165, 1.54) is 38.5 Å². The van der Waals surface area contributed by atoms with Crippen molar-refractivity contribution in [2.75, 3.05) is 0 Å². The summed E-state index contributed by atoms with van der Waals surface area (Å²) in [5, 5.41) is 0. The van der Waals surface area contributed by atoms with Gasteiger partial charge in [0.15, 0.2) is 0 Å². The second-order valence-corrected chi connectivity index (χ2v) is 5.67. The van der Waals surface area contributed by atoms with Crippen LogP contribution in [0.4, 0.5) is 0 Å². The maximum absolute atomic E-state index is 5.90. The van der Waals surface area contributed by atoms with Crippen LogP contribution in [0.3, 0.4) is 0 Å². The highest BCUT2D eigenvalue weighted by Crippen LogP contribution is 2.50. The largest absolute Gasteiger partial charge is 0.324 e. The summed E-state index contributed by atoms with van der Waals surface area (Å²) in [6.07, 6.45) is 12.3. The van der Waals surface area contributed by atoms with Crippen LogP contribution >= 0.6 is 0 Å².